The summed E-state index contributed by atoms with van der Waals surface area (Å²) in [4.78, 5) is 25.6. The minimum Gasteiger partial charge on any atom is -0.354 e. The van der Waals surface area contributed by atoms with E-state index in [1.807, 2.05) is 37.3 Å². The summed E-state index contributed by atoms with van der Waals surface area (Å²) in [6, 6.07) is 14.2. The minimum absolute atomic E-state index is 0.0621. The summed E-state index contributed by atoms with van der Waals surface area (Å²) in [7, 11) is 0. The van der Waals surface area contributed by atoms with Gasteiger partial charge in [0.2, 0.25) is 5.91 Å². The smallest absolute Gasteiger partial charge is 0.354 e. The maximum absolute atomic E-state index is 13.2. The minimum atomic E-state index is -4.48. The van der Waals surface area contributed by atoms with Gasteiger partial charge in [0.1, 0.15) is 0 Å². The second kappa shape index (κ2) is 9.25. The molecule has 33 heavy (non-hydrogen) atoms. The highest BCUT2D eigenvalue weighted by atomic mass is 19.4. The van der Waals surface area contributed by atoms with E-state index in [1.165, 1.54) is 21.4 Å². The van der Waals surface area contributed by atoms with E-state index in [9.17, 15) is 22.8 Å². The van der Waals surface area contributed by atoms with Gasteiger partial charge in [-0.05, 0) is 37.0 Å². The van der Waals surface area contributed by atoms with Crippen molar-refractivity contribution >= 4 is 5.91 Å². The first kappa shape index (κ1) is 22.8. The molecule has 174 valence electrons. The Morgan fingerprint density at radius 1 is 1.15 bits per heavy atom. The van der Waals surface area contributed by atoms with E-state index in [2.05, 4.69) is 10.4 Å². The fourth-order valence-electron chi connectivity index (χ4n) is 3.93. The van der Waals surface area contributed by atoms with Gasteiger partial charge in [0.25, 0.3) is 0 Å². The summed E-state index contributed by atoms with van der Waals surface area (Å²) in [5, 5.41) is 7.19. The van der Waals surface area contributed by atoms with Gasteiger partial charge < -0.3 is 5.32 Å². The molecule has 1 unspecified atom stereocenters. The highest BCUT2D eigenvalue weighted by molar-refractivity contribution is 5.83. The Bertz CT molecular complexity index is 1180. The number of alkyl halides is 3. The monoisotopic (exact) mass is 458 g/mol. The molecule has 1 atom stereocenters. The molecule has 1 heterocycles. The van der Waals surface area contributed by atoms with Crippen molar-refractivity contribution in [1.29, 1.82) is 0 Å². The van der Waals surface area contributed by atoms with E-state index >= 15 is 0 Å². The van der Waals surface area contributed by atoms with Gasteiger partial charge in [0.15, 0.2) is 5.82 Å². The molecular formula is C24H25F3N4O2. The largest absolute Gasteiger partial charge is 0.416 e. The third-order valence-corrected chi connectivity index (χ3v) is 5.78. The van der Waals surface area contributed by atoms with Crippen molar-refractivity contribution in [1.82, 2.24) is 19.7 Å². The fraction of sp³-hybridized carbons (Fsp3) is 0.375. The number of hydrogen-bond donors (Lipinski definition) is 1. The number of nitrogens with zero attached hydrogens (tertiary/aromatic N) is 3. The molecule has 1 aliphatic carbocycles. The topological polar surface area (TPSA) is 68.9 Å². The van der Waals surface area contributed by atoms with Crippen LogP contribution in [0.25, 0.3) is 11.4 Å². The second-order valence-electron chi connectivity index (χ2n) is 8.17. The first-order valence-corrected chi connectivity index (χ1v) is 11.0. The van der Waals surface area contributed by atoms with Crippen molar-refractivity contribution in [3.63, 3.8) is 0 Å². The highest BCUT2D eigenvalue weighted by Crippen LogP contribution is 2.37. The molecule has 3 aromatic rings. The quantitative estimate of drug-likeness (QED) is 0.545. The average Bonchev–Trinajstić information content (AvgIpc) is 3.58. The van der Waals surface area contributed by atoms with E-state index in [0.717, 1.165) is 30.5 Å². The standard InChI is InChI=1S/C24H25F3N4O2/c1-2-20(16-7-4-3-5-8-16)22(32)28-13-14-30-23(33)31(19-11-12-19)21(29-30)17-9-6-10-18(15-17)24(25,26)27/h3-10,15,19-20H,2,11-14H2,1H3,(H,28,32). The summed E-state index contributed by atoms with van der Waals surface area (Å²) in [6.45, 7) is 2.24. The molecule has 0 aliphatic heterocycles. The van der Waals surface area contributed by atoms with Gasteiger partial charge >= 0.3 is 11.9 Å². The van der Waals surface area contributed by atoms with Crippen molar-refractivity contribution in [2.45, 2.75) is 50.9 Å². The van der Waals surface area contributed by atoms with Crippen molar-refractivity contribution in [3.8, 4) is 11.4 Å². The van der Waals surface area contributed by atoms with Crippen LogP contribution in [0.2, 0.25) is 0 Å². The third kappa shape index (κ3) is 5.02. The van der Waals surface area contributed by atoms with Crippen molar-refractivity contribution < 1.29 is 18.0 Å². The lowest BCUT2D eigenvalue weighted by Gasteiger charge is -2.15. The zero-order valence-electron chi connectivity index (χ0n) is 18.2. The molecule has 0 saturated heterocycles. The van der Waals surface area contributed by atoms with E-state index in [-0.39, 0.29) is 48.0 Å². The predicted molar refractivity (Wildman–Crippen MR) is 118 cm³/mol. The van der Waals surface area contributed by atoms with Crippen molar-refractivity contribution in [2.75, 3.05) is 6.54 Å². The van der Waals surface area contributed by atoms with E-state index in [1.54, 1.807) is 0 Å². The van der Waals surface area contributed by atoms with Crippen LogP contribution in [0.4, 0.5) is 13.2 Å². The van der Waals surface area contributed by atoms with Crippen LogP contribution < -0.4 is 11.0 Å². The zero-order chi connectivity index (χ0) is 23.6. The molecule has 4 rings (SSSR count). The van der Waals surface area contributed by atoms with E-state index in [0.29, 0.717) is 6.42 Å². The second-order valence-corrected chi connectivity index (χ2v) is 8.17. The Morgan fingerprint density at radius 2 is 1.88 bits per heavy atom. The first-order valence-electron chi connectivity index (χ1n) is 11.0. The molecule has 2 aromatic carbocycles. The summed E-state index contributed by atoms with van der Waals surface area (Å²) in [5.74, 6) is -0.222. The number of amides is 1. The van der Waals surface area contributed by atoms with Crippen LogP contribution >= 0.6 is 0 Å². The molecular weight excluding hydrogens is 433 g/mol. The number of halogens is 3. The Kier molecular flexibility index (Phi) is 6.40. The number of benzene rings is 2. The molecule has 1 fully saturated rings. The summed E-state index contributed by atoms with van der Waals surface area (Å²) < 4.78 is 42.2. The molecule has 1 aliphatic rings. The van der Waals surface area contributed by atoms with Gasteiger partial charge in [0, 0.05) is 18.2 Å². The van der Waals surface area contributed by atoms with Crippen LogP contribution in [-0.4, -0.2) is 26.8 Å². The van der Waals surface area contributed by atoms with Crippen LogP contribution in [0.3, 0.4) is 0 Å². The number of aromatic nitrogens is 3. The van der Waals surface area contributed by atoms with E-state index < -0.39 is 11.7 Å². The maximum Gasteiger partial charge on any atom is 0.416 e. The first-order chi connectivity index (χ1) is 15.8. The number of carbonyl (C=O) groups is 1. The van der Waals surface area contributed by atoms with Crippen molar-refractivity contribution in [2.24, 2.45) is 0 Å². The van der Waals surface area contributed by atoms with Crippen LogP contribution in [0.15, 0.2) is 59.4 Å². The normalized spacial score (nSPS) is 14.8. The Balaban J connectivity index is 1.52. The zero-order valence-corrected chi connectivity index (χ0v) is 18.2. The lowest BCUT2D eigenvalue weighted by atomic mass is 9.96. The van der Waals surface area contributed by atoms with Gasteiger partial charge in [0.05, 0.1) is 18.0 Å². The lowest BCUT2D eigenvalue weighted by Crippen LogP contribution is -2.34. The van der Waals surface area contributed by atoms with Gasteiger partial charge in [-0.1, -0.05) is 49.4 Å². The maximum atomic E-state index is 13.2. The fourth-order valence-corrected chi connectivity index (χ4v) is 3.93. The predicted octanol–water partition coefficient (Wildman–Crippen LogP) is 4.38. The number of nitrogens with one attached hydrogen (secondary N) is 1. The Labute approximate surface area is 189 Å². The van der Waals surface area contributed by atoms with Gasteiger partial charge in [-0.25, -0.2) is 9.48 Å². The van der Waals surface area contributed by atoms with Gasteiger partial charge in [-0.3, -0.25) is 9.36 Å². The molecule has 0 radical (unpaired) electrons. The Morgan fingerprint density at radius 3 is 2.52 bits per heavy atom. The Hall–Kier alpha value is -3.36. The molecule has 1 amide bonds. The van der Waals surface area contributed by atoms with Gasteiger partial charge in [-0.2, -0.15) is 13.2 Å². The van der Waals surface area contributed by atoms with Crippen LogP contribution in [0.5, 0.6) is 0 Å². The van der Waals surface area contributed by atoms with Crippen molar-refractivity contribution in [3.05, 3.63) is 76.2 Å². The molecule has 9 heteroatoms. The molecule has 6 nitrogen and oxygen atoms in total. The van der Waals surface area contributed by atoms with Crippen LogP contribution in [0.1, 0.15) is 49.3 Å². The number of hydrogen-bond acceptors (Lipinski definition) is 3. The number of rotatable bonds is 8. The molecule has 1 saturated carbocycles. The average molecular weight is 458 g/mol. The summed E-state index contributed by atoms with van der Waals surface area (Å²) in [6.07, 6.45) is -2.29. The van der Waals surface area contributed by atoms with Gasteiger partial charge in [-0.15, -0.1) is 5.10 Å². The summed E-state index contributed by atoms with van der Waals surface area (Å²) >= 11 is 0. The van der Waals surface area contributed by atoms with E-state index in [4.69, 9.17) is 0 Å². The lowest BCUT2D eigenvalue weighted by molar-refractivity contribution is -0.137. The molecule has 1 aromatic heterocycles. The highest BCUT2D eigenvalue weighted by Gasteiger charge is 2.33. The SMILES string of the molecule is CCC(C(=O)NCCn1nc(-c2cccc(C(F)(F)F)c2)n(C2CC2)c1=O)c1ccccc1. The summed E-state index contributed by atoms with van der Waals surface area (Å²) in [5.41, 5.74) is -0.0105. The number of carbonyl (C=O) groups excluding carboxylic acids is 1. The van der Waals surface area contributed by atoms with Crippen LogP contribution in [0, 0.1) is 0 Å². The third-order valence-electron chi connectivity index (χ3n) is 5.78. The molecule has 0 spiro atoms. The molecule has 1 N–H and O–H groups in total. The molecule has 0 bridgehead atoms. The van der Waals surface area contributed by atoms with Crippen LogP contribution in [-0.2, 0) is 17.5 Å².